The van der Waals surface area contributed by atoms with E-state index in [4.69, 9.17) is 14.8 Å². The van der Waals surface area contributed by atoms with Gasteiger partial charge in [0.25, 0.3) is 5.91 Å². The SMILES string of the molecule is COc1ccccc1C(=O)N1CCCC[C@H]1c1cc2nc(N3CC[C@@H](O)C3)c(C)cn2n1. The van der Waals surface area contributed by atoms with E-state index in [2.05, 4.69) is 4.90 Å². The Kier molecular flexibility index (Phi) is 5.46. The Morgan fingerprint density at radius 1 is 1.19 bits per heavy atom. The zero-order valence-electron chi connectivity index (χ0n) is 18.6. The lowest BCUT2D eigenvalue weighted by Crippen LogP contribution is -2.38. The molecule has 8 nitrogen and oxygen atoms in total. The number of aromatic nitrogens is 3. The van der Waals surface area contributed by atoms with Gasteiger partial charge in [0.2, 0.25) is 0 Å². The molecule has 2 atom stereocenters. The van der Waals surface area contributed by atoms with Gasteiger partial charge in [0, 0.05) is 37.5 Å². The largest absolute Gasteiger partial charge is 0.496 e. The quantitative estimate of drug-likeness (QED) is 0.678. The normalized spacial score (nSPS) is 21.3. The van der Waals surface area contributed by atoms with Crippen molar-refractivity contribution in [3.05, 3.63) is 53.3 Å². The average molecular weight is 436 g/mol. The van der Waals surface area contributed by atoms with Crippen LogP contribution < -0.4 is 9.64 Å². The zero-order valence-corrected chi connectivity index (χ0v) is 18.6. The number of anilines is 1. The summed E-state index contributed by atoms with van der Waals surface area (Å²) in [5, 5.41) is 14.7. The Balaban J connectivity index is 1.48. The Morgan fingerprint density at radius 3 is 2.81 bits per heavy atom. The van der Waals surface area contributed by atoms with E-state index in [-0.39, 0.29) is 18.1 Å². The molecule has 168 valence electrons. The molecule has 32 heavy (non-hydrogen) atoms. The van der Waals surface area contributed by atoms with Crippen molar-refractivity contribution >= 4 is 17.4 Å². The first-order valence-corrected chi connectivity index (χ1v) is 11.3. The van der Waals surface area contributed by atoms with Gasteiger partial charge in [0.1, 0.15) is 11.6 Å². The number of likely N-dealkylation sites (tertiary alicyclic amines) is 1. The fourth-order valence-corrected chi connectivity index (χ4v) is 4.89. The summed E-state index contributed by atoms with van der Waals surface area (Å²) >= 11 is 0. The highest BCUT2D eigenvalue weighted by Gasteiger charge is 2.32. The van der Waals surface area contributed by atoms with Gasteiger partial charge < -0.3 is 19.6 Å². The molecule has 8 heteroatoms. The third-order valence-electron chi connectivity index (χ3n) is 6.53. The number of fused-ring (bicyclic) bond motifs is 1. The summed E-state index contributed by atoms with van der Waals surface area (Å²) in [5.41, 5.74) is 3.22. The first-order chi connectivity index (χ1) is 15.5. The van der Waals surface area contributed by atoms with E-state index in [1.54, 1.807) is 11.6 Å². The number of rotatable bonds is 4. The molecular formula is C24H29N5O3. The summed E-state index contributed by atoms with van der Waals surface area (Å²) in [7, 11) is 1.59. The maximum atomic E-state index is 13.5. The van der Waals surface area contributed by atoms with Gasteiger partial charge in [0.15, 0.2) is 5.65 Å². The summed E-state index contributed by atoms with van der Waals surface area (Å²) in [6, 6.07) is 9.27. The van der Waals surface area contributed by atoms with Gasteiger partial charge in [-0.3, -0.25) is 4.79 Å². The highest BCUT2D eigenvalue weighted by atomic mass is 16.5. The van der Waals surface area contributed by atoms with Crippen LogP contribution in [0.1, 0.15) is 53.3 Å². The van der Waals surface area contributed by atoms with Crippen molar-refractivity contribution in [3.63, 3.8) is 0 Å². The van der Waals surface area contributed by atoms with Crippen LogP contribution >= 0.6 is 0 Å². The molecule has 1 N–H and O–H groups in total. The Morgan fingerprint density at radius 2 is 2.03 bits per heavy atom. The predicted molar refractivity (Wildman–Crippen MR) is 121 cm³/mol. The molecular weight excluding hydrogens is 406 g/mol. The van der Waals surface area contributed by atoms with Crippen LogP contribution in [-0.4, -0.2) is 63.4 Å². The minimum absolute atomic E-state index is 0.0277. The summed E-state index contributed by atoms with van der Waals surface area (Å²) in [6.45, 7) is 4.12. The molecule has 0 spiro atoms. The van der Waals surface area contributed by atoms with Crippen LogP contribution in [0.2, 0.25) is 0 Å². The highest BCUT2D eigenvalue weighted by molar-refractivity contribution is 5.97. The maximum absolute atomic E-state index is 13.5. The molecule has 5 rings (SSSR count). The molecule has 0 saturated carbocycles. The van der Waals surface area contributed by atoms with E-state index in [0.29, 0.717) is 24.4 Å². The van der Waals surface area contributed by atoms with E-state index in [9.17, 15) is 9.90 Å². The minimum atomic E-state index is -0.301. The van der Waals surface area contributed by atoms with Gasteiger partial charge in [-0.1, -0.05) is 12.1 Å². The van der Waals surface area contributed by atoms with Gasteiger partial charge in [-0.05, 0) is 44.7 Å². The third-order valence-corrected chi connectivity index (χ3v) is 6.53. The maximum Gasteiger partial charge on any atom is 0.258 e. The van der Waals surface area contributed by atoms with Crippen LogP contribution in [0.3, 0.4) is 0 Å². The van der Waals surface area contributed by atoms with Crippen LogP contribution in [0, 0.1) is 6.92 Å². The number of aryl methyl sites for hydroxylation is 1. The lowest BCUT2D eigenvalue weighted by molar-refractivity contribution is 0.0602. The van der Waals surface area contributed by atoms with Crippen LogP contribution in [0.5, 0.6) is 5.75 Å². The average Bonchev–Trinajstić information content (AvgIpc) is 3.43. The van der Waals surface area contributed by atoms with E-state index in [1.807, 2.05) is 48.4 Å². The van der Waals surface area contributed by atoms with Gasteiger partial charge >= 0.3 is 0 Å². The van der Waals surface area contributed by atoms with Crippen molar-refractivity contribution in [3.8, 4) is 5.75 Å². The number of carbonyl (C=O) groups is 1. The summed E-state index contributed by atoms with van der Waals surface area (Å²) in [5.74, 6) is 1.46. The van der Waals surface area contributed by atoms with Crippen molar-refractivity contribution < 1.29 is 14.6 Å². The minimum Gasteiger partial charge on any atom is -0.496 e. The standard InChI is InChI=1S/C24H29N5O3/c1-16-14-29-22(25-23(16)27-12-10-17(30)15-27)13-19(26-29)20-8-5-6-11-28(20)24(31)18-7-3-4-9-21(18)32-2/h3-4,7,9,13-14,17,20,30H,5-6,8,10-12,15H2,1-2H3/t17-,20+/m1/s1. The highest BCUT2D eigenvalue weighted by Crippen LogP contribution is 2.34. The molecule has 3 aromatic rings. The van der Waals surface area contributed by atoms with E-state index < -0.39 is 0 Å². The molecule has 2 aliphatic rings. The molecule has 0 radical (unpaired) electrons. The van der Waals surface area contributed by atoms with Crippen molar-refractivity contribution in [1.82, 2.24) is 19.5 Å². The number of ether oxygens (including phenoxy) is 1. The molecule has 2 aliphatic heterocycles. The van der Waals surface area contributed by atoms with Gasteiger partial charge in [0.05, 0.1) is 30.5 Å². The predicted octanol–water partition coefficient (Wildman–Crippen LogP) is 2.98. The van der Waals surface area contributed by atoms with Gasteiger partial charge in [-0.2, -0.15) is 5.10 Å². The molecule has 2 aromatic heterocycles. The number of hydrogen-bond acceptors (Lipinski definition) is 6. The van der Waals surface area contributed by atoms with E-state index in [0.717, 1.165) is 55.0 Å². The van der Waals surface area contributed by atoms with Crippen LogP contribution in [-0.2, 0) is 0 Å². The zero-order chi connectivity index (χ0) is 22.2. The smallest absolute Gasteiger partial charge is 0.258 e. The molecule has 2 fully saturated rings. The fraction of sp³-hybridized carbons (Fsp3) is 0.458. The second-order valence-corrected chi connectivity index (χ2v) is 8.72. The summed E-state index contributed by atoms with van der Waals surface area (Å²) in [6.07, 6.45) is 5.35. The number of piperidine rings is 1. The number of aliphatic hydroxyl groups is 1. The Labute approximate surface area is 187 Å². The second-order valence-electron chi connectivity index (χ2n) is 8.72. The summed E-state index contributed by atoms with van der Waals surface area (Å²) in [4.78, 5) is 22.4. The van der Waals surface area contributed by atoms with Crippen LogP contribution in [0.4, 0.5) is 5.82 Å². The molecule has 1 aromatic carbocycles. The first-order valence-electron chi connectivity index (χ1n) is 11.3. The Bertz CT molecular complexity index is 1140. The van der Waals surface area contributed by atoms with Crippen molar-refractivity contribution in [1.29, 1.82) is 0 Å². The number of para-hydroxylation sites is 1. The van der Waals surface area contributed by atoms with Crippen molar-refractivity contribution in [2.75, 3.05) is 31.6 Å². The Hall–Kier alpha value is -3.13. The molecule has 0 unspecified atom stereocenters. The molecule has 0 aliphatic carbocycles. The number of nitrogens with zero attached hydrogens (tertiary/aromatic N) is 5. The number of carbonyl (C=O) groups excluding carboxylic acids is 1. The number of amides is 1. The lowest BCUT2D eigenvalue weighted by Gasteiger charge is -2.35. The molecule has 2 saturated heterocycles. The van der Waals surface area contributed by atoms with Crippen LogP contribution in [0.15, 0.2) is 36.5 Å². The lowest BCUT2D eigenvalue weighted by atomic mass is 9.98. The number of aliphatic hydroxyl groups excluding tert-OH is 1. The first kappa shape index (κ1) is 20.8. The monoisotopic (exact) mass is 435 g/mol. The van der Waals surface area contributed by atoms with E-state index in [1.165, 1.54) is 0 Å². The topological polar surface area (TPSA) is 83.2 Å². The molecule has 1 amide bonds. The second kappa shape index (κ2) is 8.43. The van der Waals surface area contributed by atoms with Crippen molar-refractivity contribution in [2.45, 2.75) is 44.8 Å². The number of hydrogen-bond donors (Lipinski definition) is 1. The van der Waals surface area contributed by atoms with Crippen LogP contribution in [0.25, 0.3) is 5.65 Å². The van der Waals surface area contributed by atoms with Gasteiger partial charge in [-0.25, -0.2) is 9.50 Å². The number of methoxy groups -OCH3 is 1. The molecule has 0 bridgehead atoms. The fourth-order valence-electron chi connectivity index (χ4n) is 4.89. The third kappa shape index (κ3) is 3.68. The molecule has 4 heterocycles. The van der Waals surface area contributed by atoms with Crippen molar-refractivity contribution in [2.24, 2.45) is 0 Å². The number of benzene rings is 1. The van der Waals surface area contributed by atoms with Gasteiger partial charge in [-0.15, -0.1) is 0 Å². The van der Waals surface area contributed by atoms with E-state index >= 15 is 0 Å². The summed E-state index contributed by atoms with van der Waals surface area (Å²) < 4.78 is 7.24. The number of β-amino-alcohol motifs (C(OH)–C–C–N with tert-alkyl or cyclic N) is 1.